The van der Waals surface area contributed by atoms with Gasteiger partial charge in [-0.05, 0) is 45.4 Å². The predicted octanol–water partition coefficient (Wildman–Crippen LogP) is 2.13. The molecule has 3 rings (SSSR count). The molecular weight excluding hydrogens is 421 g/mol. The van der Waals surface area contributed by atoms with Crippen LogP contribution in [-0.4, -0.2) is 69.6 Å². The number of carboxylic acid groups (broad SMARTS) is 1. The maximum Gasteiger partial charge on any atom is 0.408 e. The first-order chi connectivity index (χ1) is 15.0. The first-order valence-corrected chi connectivity index (χ1v) is 10.3. The van der Waals surface area contributed by atoms with E-state index in [1.807, 2.05) is 0 Å². The van der Waals surface area contributed by atoms with E-state index in [4.69, 9.17) is 4.74 Å². The lowest BCUT2D eigenvalue weighted by molar-refractivity contribution is -0.148. The molecule has 0 spiro atoms. The van der Waals surface area contributed by atoms with Crippen LogP contribution >= 0.6 is 0 Å². The number of amides is 3. The van der Waals surface area contributed by atoms with E-state index in [1.54, 1.807) is 26.8 Å². The van der Waals surface area contributed by atoms with Gasteiger partial charge in [0.15, 0.2) is 0 Å². The molecule has 1 aromatic carbocycles. The van der Waals surface area contributed by atoms with Crippen LogP contribution in [0.5, 0.6) is 0 Å². The number of hydrogen-bond donors (Lipinski definition) is 2. The molecule has 9 nitrogen and oxygen atoms in total. The minimum absolute atomic E-state index is 0.106. The third kappa shape index (κ3) is 5.24. The Morgan fingerprint density at radius 2 is 1.97 bits per heavy atom. The lowest BCUT2D eigenvalue weighted by Gasteiger charge is -2.36. The maximum absolute atomic E-state index is 13.6. The van der Waals surface area contributed by atoms with Gasteiger partial charge < -0.3 is 20.1 Å². The summed E-state index contributed by atoms with van der Waals surface area (Å²) in [5.41, 5.74) is -0.251. The number of nitrogens with zero attached hydrogens (tertiary/aromatic N) is 2. The fraction of sp³-hybridized carbons (Fsp3) is 0.455. The number of carbonyl (C=O) groups excluding carboxylic acids is 3. The summed E-state index contributed by atoms with van der Waals surface area (Å²) < 4.78 is 18.9. The Labute approximate surface area is 184 Å². The summed E-state index contributed by atoms with van der Waals surface area (Å²) in [5, 5.41) is 12.0. The minimum atomic E-state index is -1.24. The van der Waals surface area contributed by atoms with Crippen LogP contribution in [0.3, 0.4) is 0 Å². The van der Waals surface area contributed by atoms with Crippen molar-refractivity contribution in [1.29, 1.82) is 0 Å². The summed E-state index contributed by atoms with van der Waals surface area (Å²) in [6.45, 7) is 4.92. The van der Waals surface area contributed by atoms with Crippen molar-refractivity contribution in [2.45, 2.75) is 51.3 Å². The molecule has 32 heavy (non-hydrogen) atoms. The SMILES string of the molecule is CC(C)(C)OC(=O)N[C@H]1CN(C(=O)c2cccc(F)c2)CCC2=CC[C@@H](C(=O)O)N2C1=O. The highest BCUT2D eigenvalue weighted by atomic mass is 19.1. The highest BCUT2D eigenvalue weighted by Gasteiger charge is 2.42. The van der Waals surface area contributed by atoms with Crippen molar-refractivity contribution >= 4 is 23.9 Å². The Morgan fingerprint density at radius 3 is 2.59 bits per heavy atom. The Hall–Kier alpha value is -3.43. The number of hydrogen-bond acceptors (Lipinski definition) is 5. The number of fused-ring (bicyclic) bond motifs is 1. The minimum Gasteiger partial charge on any atom is -0.480 e. The lowest BCUT2D eigenvalue weighted by Crippen LogP contribution is -2.58. The van der Waals surface area contributed by atoms with Gasteiger partial charge in [0.25, 0.3) is 11.8 Å². The van der Waals surface area contributed by atoms with Crippen LogP contribution in [0.15, 0.2) is 36.0 Å². The molecular formula is C22H26FN3O6. The molecule has 0 bridgehead atoms. The Balaban J connectivity index is 1.90. The van der Waals surface area contributed by atoms with Gasteiger partial charge in [-0.3, -0.25) is 14.5 Å². The number of rotatable bonds is 3. The fourth-order valence-corrected chi connectivity index (χ4v) is 3.73. The molecule has 1 aromatic rings. The molecule has 2 aliphatic rings. The monoisotopic (exact) mass is 447 g/mol. The van der Waals surface area contributed by atoms with Crippen molar-refractivity contribution < 1.29 is 33.4 Å². The molecule has 172 valence electrons. The average molecular weight is 447 g/mol. The zero-order valence-corrected chi connectivity index (χ0v) is 18.1. The van der Waals surface area contributed by atoms with E-state index in [1.165, 1.54) is 28.0 Å². The van der Waals surface area contributed by atoms with Crippen molar-refractivity contribution in [3.63, 3.8) is 0 Å². The first kappa shape index (κ1) is 23.2. The van der Waals surface area contributed by atoms with E-state index in [2.05, 4.69) is 5.32 Å². The number of halogens is 1. The second-order valence-corrected chi connectivity index (χ2v) is 8.70. The normalized spacial score (nSPS) is 21.2. The van der Waals surface area contributed by atoms with Crippen LogP contribution in [-0.2, 0) is 14.3 Å². The number of nitrogens with one attached hydrogen (secondary N) is 1. The van der Waals surface area contributed by atoms with Gasteiger partial charge in [-0.15, -0.1) is 0 Å². The lowest BCUT2D eigenvalue weighted by atomic mass is 10.1. The van der Waals surface area contributed by atoms with Gasteiger partial charge in [0.05, 0.1) is 6.54 Å². The molecule has 1 fully saturated rings. The summed E-state index contributed by atoms with van der Waals surface area (Å²) >= 11 is 0. The number of carboxylic acids is 1. The second kappa shape index (κ2) is 8.97. The Kier molecular flexibility index (Phi) is 6.52. The summed E-state index contributed by atoms with van der Waals surface area (Å²) in [6, 6.07) is 2.86. The van der Waals surface area contributed by atoms with Crippen molar-refractivity contribution in [1.82, 2.24) is 15.1 Å². The molecule has 10 heteroatoms. The molecule has 0 unspecified atom stereocenters. The predicted molar refractivity (Wildman–Crippen MR) is 111 cm³/mol. The van der Waals surface area contributed by atoms with Gasteiger partial charge >= 0.3 is 12.1 Å². The number of aliphatic carboxylic acids is 1. The fourth-order valence-electron chi connectivity index (χ4n) is 3.73. The number of benzene rings is 1. The van der Waals surface area contributed by atoms with E-state index in [9.17, 15) is 28.7 Å². The highest BCUT2D eigenvalue weighted by molar-refractivity contribution is 5.96. The number of alkyl carbamates (subject to hydrolysis) is 1. The molecule has 1 saturated heterocycles. The number of carbonyl (C=O) groups is 4. The summed E-state index contributed by atoms with van der Waals surface area (Å²) in [6.07, 6.45) is 1.16. The standard InChI is InChI=1S/C22H26FN3O6/c1-22(2,3)32-21(31)24-16-12-25(18(27)13-5-4-6-14(23)11-13)10-9-15-7-8-17(20(29)30)26(15)19(16)28/h4-7,11,16-17H,8-10,12H2,1-3H3,(H,24,31)(H,29,30)/t16-,17-/m0/s1. The zero-order valence-electron chi connectivity index (χ0n) is 18.1. The van der Waals surface area contributed by atoms with Crippen molar-refractivity contribution in [3.05, 3.63) is 47.4 Å². The summed E-state index contributed by atoms with van der Waals surface area (Å²) in [5.74, 6) is -2.89. The van der Waals surface area contributed by atoms with Gasteiger partial charge in [-0.25, -0.2) is 14.0 Å². The largest absolute Gasteiger partial charge is 0.480 e. The van der Waals surface area contributed by atoms with Crippen LogP contribution < -0.4 is 5.32 Å². The smallest absolute Gasteiger partial charge is 0.408 e. The van der Waals surface area contributed by atoms with Crippen LogP contribution in [0.2, 0.25) is 0 Å². The van der Waals surface area contributed by atoms with Gasteiger partial charge in [-0.2, -0.15) is 0 Å². The van der Waals surface area contributed by atoms with Crippen LogP contribution in [0.25, 0.3) is 0 Å². The molecule has 2 aliphatic heterocycles. The molecule has 2 heterocycles. The molecule has 2 N–H and O–H groups in total. The van der Waals surface area contributed by atoms with Crippen LogP contribution in [0.1, 0.15) is 44.0 Å². The van der Waals surface area contributed by atoms with E-state index in [0.717, 1.165) is 6.07 Å². The van der Waals surface area contributed by atoms with E-state index in [-0.39, 0.29) is 31.5 Å². The van der Waals surface area contributed by atoms with E-state index in [0.29, 0.717) is 5.70 Å². The molecule has 0 radical (unpaired) electrons. The van der Waals surface area contributed by atoms with Gasteiger partial charge in [0.2, 0.25) is 0 Å². The Morgan fingerprint density at radius 1 is 1.25 bits per heavy atom. The van der Waals surface area contributed by atoms with Gasteiger partial charge in [-0.1, -0.05) is 12.1 Å². The topological polar surface area (TPSA) is 116 Å². The molecule has 3 amide bonds. The molecule has 2 atom stereocenters. The third-order valence-corrected chi connectivity index (χ3v) is 5.11. The Bertz CT molecular complexity index is 971. The summed E-state index contributed by atoms with van der Waals surface area (Å²) in [7, 11) is 0. The zero-order chi connectivity index (χ0) is 23.6. The van der Waals surface area contributed by atoms with Crippen molar-refractivity contribution in [2.75, 3.05) is 13.1 Å². The number of ether oxygens (including phenoxy) is 1. The molecule has 0 aliphatic carbocycles. The quantitative estimate of drug-likeness (QED) is 0.733. The molecule has 0 aromatic heterocycles. The van der Waals surface area contributed by atoms with Crippen molar-refractivity contribution in [2.24, 2.45) is 0 Å². The van der Waals surface area contributed by atoms with Crippen LogP contribution in [0.4, 0.5) is 9.18 Å². The van der Waals surface area contributed by atoms with Crippen LogP contribution in [0, 0.1) is 5.82 Å². The van der Waals surface area contributed by atoms with Crippen molar-refractivity contribution in [3.8, 4) is 0 Å². The maximum atomic E-state index is 13.6. The van der Waals surface area contributed by atoms with Gasteiger partial charge in [0.1, 0.15) is 23.5 Å². The highest BCUT2D eigenvalue weighted by Crippen LogP contribution is 2.28. The molecule has 0 saturated carbocycles. The van der Waals surface area contributed by atoms with Gasteiger partial charge in [0, 0.05) is 24.2 Å². The average Bonchev–Trinajstić information content (AvgIpc) is 3.10. The third-order valence-electron chi connectivity index (χ3n) is 5.11. The van der Waals surface area contributed by atoms with E-state index < -0.39 is 47.4 Å². The van der Waals surface area contributed by atoms with E-state index >= 15 is 0 Å². The first-order valence-electron chi connectivity index (χ1n) is 10.3. The second-order valence-electron chi connectivity index (χ2n) is 8.70. The summed E-state index contributed by atoms with van der Waals surface area (Å²) in [4.78, 5) is 52.9.